The van der Waals surface area contributed by atoms with E-state index in [0.717, 1.165) is 36.2 Å². The van der Waals surface area contributed by atoms with Gasteiger partial charge in [-0.05, 0) is 55.1 Å². The lowest BCUT2D eigenvalue weighted by Gasteiger charge is -2.37. The summed E-state index contributed by atoms with van der Waals surface area (Å²) in [4.78, 5) is 2.52. The zero-order valence-corrected chi connectivity index (χ0v) is 21.9. The van der Waals surface area contributed by atoms with E-state index in [9.17, 15) is 8.42 Å². The Labute approximate surface area is 208 Å². The van der Waals surface area contributed by atoms with Crippen LogP contribution in [0.1, 0.15) is 43.7 Å². The quantitative estimate of drug-likeness (QED) is 0.430. The highest BCUT2D eigenvalue weighted by Gasteiger charge is 2.33. The Morgan fingerprint density at radius 3 is 2.61 bits per heavy atom. The number of benzene rings is 1. The maximum absolute atomic E-state index is 13.0. The van der Waals surface area contributed by atoms with Crippen LogP contribution in [0.2, 0.25) is 10.0 Å². The van der Waals surface area contributed by atoms with Gasteiger partial charge in [-0.15, -0.1) is 0 Å². The summed E-state index contributed by atoms with van der Waals surface area (Å²) >= 11 is 12.8. The number of sulfonamides is 1. The molecule has 2 atom stereocenters. The fraction of sp³-hybridized carbons (Fsp3) is 0.583. The predicted octanol–water partition coefficient (Wildman–Crippen LogP) is 4.74. The lowest BCUT2D eigenvalue weighted by Crippen LogP contribution is -2.34. The summed E-state index contributed by atoms with van der Waals surface area (Å²) in [6, 6.07) is 3.74. The molecule has 0 amide bonds. The summed E-state index contributed by atoms with van der Waals surface area (Å²) in [6.45, 7) is 7.90. The molecule has 0 aromatic heterocycles. The van der Waals surface area contributed by atoms with E-state index in [1.165, 1.54) is 0 Å². The molecule has 3 rings (SSSR count). The molecular formula is C24H34Cl2N2O4S. The van der Waals surface area contributed by atoms with E-state index in [2.05, 4.69) is 23.6 Å². The van der Waals surface area contributed by atoms with Crippen LogP contribution in [0.25, 0.3) is 0 Å². The summed E-state index contributed by atoms with van der Waals surface area (Å²) in [5.74, 6) is 0.257. The minimum atomic E-state index is -3.63. The number of hydrogen-bond acceptors (Lipinski definition) is 5. The zero-order chi connectivity index (χ0) is 24.0. The molecule has 6 nitrogen and oxygen atoms in total. The Morgan fingerprint density at radius 2 is 1.88 bits per heavy atom. The summed E-state index contributed by atoms with van der Waals surface area (Å²) in [5, 5.41) is 1.26. The Bertz CT molecular complexity index is 994. The number of halogens is 2. The molecule has 184 valence electrons. The molecule has 0 fully saturated rings. The average molecular weight is 518 g/mol. The van der Waals surface area contributed by atoms with Gasteiger partial charge in [-0.25, -0.2) is 13.1 Å². The van der Waals surface area contributed by atoms with Crippen molar-refractivity contribution >= 4 is 33.2 Å². The van der Waals surface area contributed by atoms with Crippen LogP contribution in [0.3, 0.4) is 0 Å². The van der Waals surface area contributed by atoms with Gasteiger partial charge in [0.1, 0.15) is 0 Å². The van der Waals surface area contributed by atoms with Crippen molar-refractivity contribution in [3.63, 3.8) is 0 Å². The average Bonchev–Trinajstić information content (AvgIpc) is 2.76. The number of likely N-dealkylation sites (N-methyl/N-ethyl adjacent to an activating group) is 1. The van der Waals surface area contributed by atoms with E-state index in [4.69, 9.17) is 32.7 Å². The summed E-state index contributed by atoms with van der Waals surface area (Å²) in [7, 11) is -1.58. The van der Waals surface area contributed by atoms with Crippen LogP contribution in [0.5, 0.6) is 0 Å². The molecule has 1 heterocycles. The van der Waals surface area contributed by atoms with E-state index in [1.54, 1.807) is 12.1 Å². The molecule has 9 heteroatoms. The largest absolute Gasteiger partial charge is 0.379 e. The third-order valence-corrected chi connectivity index (χ3v) is 8.06. The highest BCUT2D eigenvalue weighted by Crippen LogP contribution is 2.43. The topological polar surface area (TPSA) is 67.9 Å². The molecule has 1 aliphatic heterocycles. The van der Waals surface area contributed by atoms with Crippen LogP contribution < -0.4 is 4.72 Å². The van der Waals surface area contributed by atoms with Gasteiger partial charge in [0.2, 0.25) is 10.0 Å². The monoisotopic (exact) mass is 516 g/mol. The first-order chi connectivity index (χ1) is 15.7. The van der Waals surface area contributed by atoms with Crippen molar-refractivity contribution in [3.8, 4) is 0 Å². The number of nitrogens with one attached hydrogen (secondary N) is 1. The number of ether oxygens (including phenoxy) is 2. The van der Waals surface area contributed by atoms with Gasteiger partial charge < -0.3 is 14.4 Å². The SMILES string of the molecule is CCCOCCOCCNS(=O)(=O)C1=CCC(C)C(C2CN(C)Cc3c(Cl)cc(Cl)cc32)=C1. The lowest BCUT2D eigenvalue weighted by atomic mass is 9.77. The number of rotatable bonds is 11. The van der Waals surface area contributed by atoms with Crippen molar-refractivity contribution in [1.82, 2.24) is 9.62 Å². The van der Waals surface area contributed by atoms with Crippen LogP contribution >= 0.6 is 23.2 Å². The normalized spacial score (nSPS) is 21.5. The molecule has 1 aromatic carbocycles. The van der Waals surface area contributed by atoms with Gasteiger partial charge in [0.25, 0.3) is 0 Å². The molecule has 0 spiro atoms. The maximum Gasteiger partial charge on any atom is 0.240 e. The zero-order valence-electron chi connectivity index (χ0n) is 19.6. The second-order valence-corrected chi connectivity index (χ2v) is 11.3. The lowest BCUT2D eigenvalue weighted by molar-refractivity contribution is 0.0502. The van der Waals surface area contributed by atoms with Gasteiger partial charge in [0, 0.05) is 42.2 Å². The molecule has 0 saturated carbocycles. The van der Waals surface area contributed by atoms with Crippen molar-refractivity contribution in [1.29, 1.82) is 0 Å². The Hall–Kier alpha value is -0.930. The van der Waals surface area contributed by atoms with E-state index < -0.39 is 10.0 Å². The molecule has 0 saturated heterocycles. The number of allylic oxidation sites excluding steroid dienone is 2. The van der Waals surface area contributed by atoms with Gasteiger partial charge in [-0.3, -0.25) is 0 Å². The smallest absolute Gasteiger partial charge is 0.240 e. The minimum absolute atomic E-state index is 0.0373. The van der Waals surface area contributed by atoms with Crippen LogP contribution in [0, 0.1) is 5.92 Å². The first kappa shape index (κ1) is 26.7. The molecule has 2 aliphatic rings. The molecule has 1 aromatic rings. The molecular weight excluding hydrogens is 483 g/mol. The van der Waals surface area contributed by atoms with Crippen molar-refractivity contribution in [3.05, 3.63) is 55.9 Å². The van der Waals surface area contributed by atoms with Gasteiger partial charge in [-0.1, -0.05) is 48.7 Å². The van der Waals surface area contributed by atoms with Crippen LogP contribution in [0.4, 0.5) is 0 Å². The van der Waals surface area contributed by atoms with E-state index in [-0.39, 0.29) is 18.4 Å². The van der Waals surface area contributed by atoms with Crippen molar-refractivity contribution in [2.75, 3.05) is 46.6 Å². The molecule has 33 heavy (non-hydrogen) atoms. The van der Waals surface area contributed by atoms with Crippen LogP contribution in [0.15, 0.2) is 34.8 Å². The fourth-order valence-corrected chi connectivity index (χ4v) is 6.05. The molecule has 0 radical (unpaired) electrons. The highest BCUT2D eigenvalue weighted by molar-refractivity contribution is 7.93. The highest BCUT2D eigenvalue weighted by atomic mass is 35.5. The molecule has 1 aliphatic carbocycles. The third-order valence-electron chi connectivity index (χ3n) is 6.01. The Kier molecular flexibility index (Phi) is 9.83. The predicted molar refractivity (Wildman–Crippen MR) is 134 cm³/mol. The second-order valence-electron chi connectivity index (χ2n) is 8.71. The second kappa shape index (κ2) is 12.2. The first-order valence-electron chi connectivity index (χ1n) is 11.5. The van der Waals surface area contributed by atoms with Crippen molar-refractivity contribution in [2.24, 2.45) is 5.92 Å². The van der Waals surface area contributed by atoms with Crippen molar-refractivity contribution in [2.45, 2.75) is 39.2 Å². The van der Waals surface area contributed by atoms with Gasteiger partial charge in [-0.2, -0.15) is 0 Å². The van der Waals surface area contributed by atoms with Crippen LogP contribution in [-0.4, -0.2) is 59.9 Å². The molecule has 2 unspecified atom stereocenters. The Balaban J connectivity index is 1.71. The first-order valence-corrected chi connectivity index (χ1v) is 13.7. The maximum atomic E-state index is 13.0. The van der Waals surface area contributed by atoms with E-state index in [0.29, 0.717) is 47.8 Å². The Morgan fingerprint density at radius 1 is 1.15 bits per heavy atom. The number of fused-ring (bicyclic) bond motifs is 1. The standard InChI is InChI=1S/C24H34Cl2N2O4S/c1-4-8-31-10-11-32-9-7-27-33(29,30)19-6-5-17(2)20(14-19)22-15-28(3)16-23-21(22)12-18(25)13-24(23)26/h6,12-14,17,22,27H,4-5,7-11,15-16H2,1-3H3. The van der Waals surface area contributed by atoms with Gasteiger partial charge in [0.05, 0.1) is 24.7 Å². The van der Waals surface area contributed by atoms with E-state index >= 15 is 0 Å². The molecule has 0 bridgehead atoms. The number of hydrogen-bond donors (Lipinski definition) is 1. The summed E-state index contributed by atoms with van der Waals surface area (Å²) in [6.07, 6.45) is 5.26. The number of nitrogens with zero attached hydrogens (tertiary/aromatic N) is 1. The van der Waals surface area contributed by atoms with Gasteiger partial charge in [0.15, 0.2) is 0 Å². The molecule has 1 N–H and O–H groups in total. The van der Waals surface area contributed by atoms with Crippen molar-refractivity contribution < 1.29 is 17.9 Å². The summed E-state index contributed by atoms with van der Waals surface area (Å²) < 4.78 is 39.4. The fourth-order valence-electron chi connectivity index (χ4n) is 4.35. The minimum Gasteiger partial charge on any atom is -0.379 e. The third kappa shape index (κ3) is 7.04. The van der Waals surface area contributed by atoms with Gasteiger partial charge >= 0.3 is 0 Å². The van der Waals surface area contributed by atoms with E-state index in [1.807, 2.05) is 19.1 Å². The van der Waals surface area contributed by atoms with Crippen LogP contribution in [-0.2, 0) is 26.0 Å². The summed E-state index contributed by atoms with van der Waals surface area (Å²) in [5.41, 5.74) is 3.24.